The first-order valence-corrected chi connectivity index (χ1v) is 11.0. The van der Waals surface area contributed by atoms with Crippen LogP contribution in [0.5, 0.6) is 5.75 Å². The van der Waals surface area contributed by atoms with Crippen LogP contribution < -0.4 is 4.74 Å². The second-order valence-electron chi connectivity index (χ2n) is 8.51. The third-order valence-corrected chi connectivity index (χ3v) is 6.73. The second-order valence-corrected chi connectivity index (χ2v) is 8.51. The van der Waals surface area contributed by atoms with Crippen LogP contribution in [0, 0.1) is 0 Å². The number of benzene rings is 3. The third-order valence-electron chi connectivity index (χ3n) is 6.73. The smallest absolute Gasteiger partial charge is 0.410 e. The molecule has 5 rings (SSSR count). The summed E-state index contributed by atoms with van der Waals surface area (Å²) in [5.41, 5.74) is 3.48. The Morgan fingerprint density at radius 2 is 1.52 bits per heavy atom. The lowest BCUT2D eigenvalue weighted by Crippen LogP contribution is -2.44. The monoisotopic (exact) mass is 413 g/mol. The van der Waals surface area contributed by atoms with E-state index in [0.29, 0.717) is 5.75 Å². The number of carbonyl (C=O) groups is 1. The summed E-state index contributed by atoms with van der Waals surface area (Å²) in [5, 5.41) is 0. The molecule has 1 atom stereocenters. The van der Waals surface area contributed by atoms with E-state index in [2.05, 4.69) is 48.5 Å². The molecule has 1 aliphatic heterocycles. The highest BCUT2D eigenvalue weighted by Gasteiger charge is 2.48. The average molecular weight is 414 g/mol. The minimum Gasteiger partial charge on any atom is -0.410 e. The van der Waals surface area contributed by atoms with Gasteiger partial charge in [-0.05, 0) is 54.5 Å². The van der Waals surface area contributed by atoms with E-state index < -0.39 is 0 Å². The Kier molecular flexibility index (Phi) is 5.24. The predicted octanol–water partition coefficient (Wildman–Crippen LogP) is 6.07. The summed E-state index contributed by atoms with van der Waals surface area (Å²) in [7, 11) is 1.84. The largest absolute Gasteiger partial charge is 0.415 e. The molecular weight excluding hydrogens is 386 g/mol. The van der Waals surface area contributed by atoms with Crippen LogP contribution >= 0.6 is 0 Å². The van der Waals surface area contributed by atoms with E-state index >= 15 is 0 Å². The van der Waals surface area contributed by atoms with Crippen LogP contribution in [-0.4, -0.2) is 24.1 Å². The van der Waals surface area contributed by atoms with Crippen LogP contribution in [0.3, 0.4) is 0 Å². The fraction of sp³-hybridized carbons (Fsp3) is 0.296. The molecule has 1 aliphatic carbocycles. The van der Waals surface area contributed by atoms with Crippen LogP contribution in [-0.2, 0) is 10.3 Å². The van der Waals surface area contributed by atoms with Gasteiger partial charge in [0.2, 0.25) is 0 Å². The minimum atomic E-state index is -0.304. The summed E-state index contributed by atoms with van der Waals surface area (Å²) in [6, 6.07) is 28.4. The molecule has 31 heavy (non-hydrogen) atoms. The molecule has 0 radical (unpaired) electrons. The van der Waals surface area contributed by atoms with Crippen molar-refractivity contribution >= 4 is 6.09 Å². The number of rotatable bonds is 3. The Labute approximate surface area is 183 Å². The molecule has 0 N–H and O–H groups in total. The average Bonchev–Trinajstić information content (AvgIpc) is 3.14. The molecule has 1 spiro atoms. The molecule has 3 aromatic rings. The summed E-state index contributed by atoms with van der Waals surface area (Å²) in [6.45, 7) is 0. The highest BCUT2D eigenvalue weighted by Crippen LogP contribution is 2.53. The number of fused-ring (bicyclic) bond motifs is 2. The lowest BCUT2D eigenvalue weighted by atomic mass is 9.77. The van der Waals surface area contributed by atoms with Gasteiger partial charge in [0, 0.05) is 13.1 Å². The third kappa shape index (κ3) is 3.72. The van der Waals surface area contributed by atoms with Gasteiger partial charge in [0.1, 0.15) is 11.9 Å². The van der Waals surface area contributed by atoms with Crippen LogP contribution in [0.2, 0.25) is 0 Å². The summed E-state index contributed by atoms with van der Waals surface area (Å²) in [5.74, 6) is 0.574. The van der Waals surface area contributed by atoms with Gasteiger partial charge in [-0.1, -0.05) is 72.8 Å². The summed E-state index contributed by atoms with van der Waals surface area (Å²) >= 11 is 0. The van der Waals surface area contributed by atoms with Crippen LogP contribution in [0.15, 0.2) is 84.9 Å². The van der Waals surface area contributed by atoms with Gasteiger partial charge in [0.25, 0.3) is 0 Å². The van der Waals surface area contributed by atoms with Crippen LogP contribution in [0.1, 0.15) is 48.5 Å². The molecule has 1 heterocycles. The Bertz CT molecular complexity index is 1040. The van der Waals surface area contributed by atoms with Gasteiger partial charge in [0.15, 0.2) is 0 Å². The molecule has 2 aliphatic rings. The molecule has 1 fully saturated rings. The number of amides is 1. The highest BCUT2D eigenvalue weighted by molar-refractivity contribution is 5.70. The van der Waals surface area contributed by atoms with Gasteiger partial charge in [-0.3, -0.25) is 0 Å². The van der Waals surface area contributed by atoms with Crippen molar-refractivity contribution in [1.29, 1.82) is 0 Å². The van der Waals surface area contributed by atoms with Crippen LogP contribution in [0.4, 0.5) is 4.79 Å². The van der Waals surface area contributed by atoms with E-state index in [1.54, 1.807) is 17.0 Å². The Morgan fingerprint density at radius 1 is 0.903 bits per heavy atom. The molecule has 0 unspecified atom stereocenters. The van der Waals surface area contributed by atoms with E-state index in [1.807, 2.05) is 31.3 Å². The van der Waals surface area contributed by atoms with E-state index in [9.17, 15) is 4.79 Å². The number of nitrogens with zero attached hydrogens (tertiary/aromatic N) is 1. The molecule has 3 aromatic carbocycles. The van der Waals surface area contributed by atoms with E-state index in [-0.39, 0.29) is 23.8 Å². The molecule has 0 saturated heterocycles. The van der Waals surface area contributed by atoms with Gasteiger partial charge in [-0.25, -0.2) is 4.79 Å². The Morgan fingerprint density at radius 3 is 2.23 bits per heavy atom. The zero-order valence-corrected chi connectivity index (χ0v) is 17.7. The number of ether oxygens (including phenoxy) is 2. The zero-order chi connectivity index (χ0) is 21.3. The molecule has 0 aromatic heterocycles. The number of hydrogen-bond acceptors (Lipinski definition) is 3. The van der Waals surface area contributed by atoms with Gasteiger partial charge < -0.3 is 14.4 Å². The van der Waals surface area contributed by atoms with Crippen molar-refractivity contribution in [2.24, 2.45) is 0 Å². The Balaban J connectivity index is 1.31. The van der Waals surface area contributed by atoms with E-state index in [4.69, 9.17) is 9.47 Å². The molecular formula is C27H27NO3. The quantitative estimate of drug-likeness (QED) is 0.523. The van der Waals surface area contributed by atoms with Crippen molar-refractivity contribution in [3.05, 3.63) is 102 Å². The fourth-order valence-corrected chi connectivity index (χ4v) is 5.02. The zero-order valence-electron chi connectivity index (χ0n) is 17.7. The number of hydrogen-bond donors (Lipinski definition) is 0. The van der Waals surface area contributed by atoms with Crippen molar-refractivity contribution in [1.82, 2.24) is 4.90 Å². The van der Waals surface area contributed by atoms with E-state index in [0.717, 1.165) is 25.7 Å². The maximum atomic E-state index is 12.6. The maximum Gasteiger partial charge on any atom is 0.415 e. The van der Waals surface area contributed by atoms with Crippen molar-refractivity contribution in [2.45, 2.75) is 43.4 Å². The first-order valence-electron chi connectivity index (χ1n) is 11.0. The first kappa shape index (κ1) is 19.8. The van der Waals surface area contributed by atoms with Crippen molar-refractivity contribution < 1.29 is 14.3 Å². The highest BCUT2D eigenvalue weighted by atomic mass is 16.6. The van der Waals surface area contributed by atoms with E-state index in [1.165, 1.54) is 16.7 Å². The summed E-state index contributed by atoms with van der Waals surface area (Å²) in [6.07, 6.45) is 3.21. The van der Waals surface area contributed by atoms with Gasteiger partial charge >= 0.3 is 6.09 Å². The maximum absolute atomic E-state index is 12.6. The first-order chi connectivity index (χ1) is 15.2. The predicted molar refractivity (Wildman–Crippen MR) is 120 cm³/mol. The van der Waals surface area contributed by atoms with Gasteiger partial charge in [-0.2, -0.15) is 0 Å². The van der Waals surface area contributed by atoms with Gasteiger partial charge in [-0.15, -0.1) is 0 Å². The molecule has 4 nitrogen and oxygen atoms in total. The second kappa shape index (κ2) is 8.20. The fourth-order valence-electron chi connectivity index (χ4n) is 5.02. The molecule has 1 saturated carbocycles. The molecule has 4 heteroatoms. The standard InChI is InChI=1S/C27H27NO3/c1-28(26(29)30-22-12-6-3-7-13-22)21-16-18-27(19-17-21)24-15-9-8-14-23(24)25(31-27)20-10-4-2-5-11-20/h2-15,21,25H,16-19H2,1H3/t21?,25-,27?/m1/s1. The van der Waals surface area contributed by atoms with Crippen molar-refractivity contribution in [3.8, 4) is 5.75 Å². The van der Waals surface area contributed by atoms with Crippen LogP contribution in [0.25, 0.3) is 0 Å². The molecule has 1 amide bonds. The molecule has 158 valence electrons. The number of para-hydroxylation sites is 1. The number of carbonyl (C=O) groups excluding carboxylic acids is 1. The summed E-state index contributed by atoms with van der Waals surface area (Å²) < 4.78 is 12.3. The molecule has 0 bridgehead atoms. The topological polar surface area (TPSA) is 38.8 Å². The minimum absolute atomic E-state index is 0.0327. The lowest BCUT2D eigenvalue weighted by Gasteiger charge is -2.40. The van der Waals surface area contributed by atoms with Gasteiger partial charge in [0.05, 0.1) is 5.60 Å². The normalized spacial score (nSPS) is 24.5. The van der Waals surface area contributed by atoms with Crippen molar-refractivity contribution in [3.63, 3.8) is 0 Å². The Hall–Kier alpha value is -3.11. The summed E-state index contributed by atoms with van der Waals surface area (Å²) in [4.78, 5) is 14.4. The lowest BCUT2D eigenvalue weighted by molar-refractivity contribution is -0.0928. The van der Waals surface area contributed by atoms with Crippen molar-refractivity contribution in [2.75, 3.05) is 7.05 Å². The SMILES string of the molecule is CN(C(=O)Oc1ccccc1)C1CCC2(CC1)O[C@H](c1ccccc1)c1ccccc12.